The van der Waals surface area contributed by atoms with E-state index in [9.17, 15) is 9.18 Å². The van der Waals surface area contributed by atoms with Gasteiger partial charge in [-0.05, 0) is 44.3 Å². The predicted molar refractivity (Wildman–Crippen MR) is 104 cm³/mol. The number of likely N-dealkylation sites (N-methyl/N-ethyl adjacent to an activating group) is 1. The quantitative estimate of drug-likeness (QED) is 0.739. The summed E-state index contributed by atoms with van der Waals surface area (Å²) >= 11 is 6.04. The second-order valence-electron chi connectivity index (χ2n) is 6.27. The van der Waals surface area contributed by atoms with Gasteiger partial charge >= 0.3 is 0 Å². The molecule has 1 N–H and O–H groups in total. The summed E-state index contributed by atoms with van der Waals surface area (Å²) in [6.07, 6.45) is 0. The molecule has 0 spiro atoms. The second kappa shape index (κ2) is 9.58. The van der Waals surface area contributed by atoms with Gasteiger partial charge in [-0.3, -0.25) is 9.69 Å². The van der Waals surface area contributed by atoms with Gasteiger partial charge in [-0.2, -0.15) is 0 Å². The Morgan fingerprint density at radius 2 is 2.00 bits per heavy atom. The van der Waals surface area contributed by atoms with E-state index < -0.39 is 0 Å². The lowest BCUT2D eigenvalue weighted by Gasteiger charge is -2.21. The first-order valence-corrected chi connectivity index (χ1v) is 8.86. The Morgan fingerprint density at radius 1 is 1.26 bits per heavy atom. The summed E-state index contributed by atoms with van der Waals surface area (Å²) in [6, 6.07) is 9.67. The molecule has 2 aromatic carbocycles. The average molecular weight is 395 g/mol. The number of amides is 1. The van der Waals surface area contributed by atoms with Crippen molar-refractivity contribution in [2.45, 2.75) is 19.5 Å². The van der Waals surface area contributed by atoms with E-state index in [-0.39, 0.29) is 30.9 Å². The Hall–Kier alpha value is -2.31. The Balaban J connectivity index is 2.00. The molecule has 0 aliphatic rings. The third-order valence-electron chi connectivity index (χ3n) is 4.18. The highest BCUT2D eigenvalue weighted by atomic mass is 35.5. The van der Waals surface area contributed by atoms with Gasteiger partial charge in [0.15, 0.2) is 0 Å². The van der Waals surface area contributed by atoms with Crippen LogP contribution in [0.5, 0.6) is 11.5 Å². The molecule has 0 aromatic heterocycles. The molecular formula is C20H24ClFN2O3. The number of rotatable bonds is 8. The van der Waals surface area contributed by atoms with E-state index in [2.05, 4.69) is 5.32 Å². The van der Waals surface area contributed by atoms with Crippen molar-refractivity contribution < 1.29 is 18.7 Å². The van der Waals surface area contributed by atoms with Crippen LogP contribution in [-0.4, -0.2) is 38.6 Å². The zero-order valence-electron chi connectivity index (χ0n) is 15.9. The maximum Gasteiger partial charge on any atom is 0.234 e. The van der Waals surface area contributed by atoms with Crippen molar-refractivity contribution in [2.24, 2.45) is 0 Å². The van der Waals surface area contributed by atoms with Crippen molar-refractivity contribution >= 4 is 17.5 Å². The maximum absolute atomic E-state index is 13.9. The van der Waals surface area contributed by atoms with Crippen LogP contribution in [0.2, 0.25) is 5.02 Å². The molecule has 0 aliphatic heterocycles. The number of hydrogen-bond donors (Lipinski definition) is 1. The number of carbonyl (C=O) groups excluding carboxylic acids is 1. The molecule has 1 atom stereocenters. The van der Waals surface area contributed by atoms with Gasteiger partial charge < -0.3 is 14.8 Å². The van der Waals surface area contributed by atoms with E-state index in [0.29, 0.717) is 22.1 Å². The summed E-state index contributed by atoms with van der Waals surface area (Å²) in [7, 11) is 4.89. The van der Waals surface area contributed by atoms with E-state index >= 15 is 0 Å². The summed E-state index contributed by atoms with van der Waals surface area (Å²) in [4.78, 5) is 14.1. The Morgan fingerprint density at radius 3 is 2.63 bits per heavy atom. The number of halogens is 2. The van der Waals surface area contributed by atoms with E-state index in [0.717, 1.165) is 5.56 Å². The van der Waals surface area contributed by atoms with Crippen molar-refractivity contribution in [3.8, 4) is 11.5 Å². The lowest BCUT2D eigenvalue weighted by Crippen LogP contribution is -2.36. The fraction of sp³-hybridized carbons (Fsp3) is 0.350. The summed E-state index contributed by atoms with van der Waals surface area (Å²) in [5.74, 6) is 0.764. The smallest absolute Gasteiger partial charge is 0.234 e. The van der Waals surface area contributed by atoms with Gasteiger partial charge in [0.05, 0.1) is 26.8 Å². The molecular weight excluding hydrogens is 371 g/mol. The minimum Gasteiger partial charge on any atom is -0.497 e. The summed E-state index contributed by atoms with van der Waals surface area (Å²) in [5, 5.41) is 3.27. The topological polar surface area (TPSA) is 50.8 Å². The fourth-order valence-electron chi connectivity index (χ4n) is 2.80. The number of nitrogens with zero attached hydrogens (tertiary/aromatic N) is 1. The molecule has 0 heterocycles. The second-order valence-corrected chi connectivity index (χ2v) is 6.68. The van der Waals surface area contributed by atoms with Crippen LogP contribution in [0, 0.1) is 5.82 Å². The maximum atomic E-state index is 13.9. The van der Waals surface area contributed by atoms with Gasteiger partial charge in [0.2, 0.25) is 5.91 Å². The number of carbonyl (C=O) groups is 1. The molecule has 0 saturated carbocycles. The molecule has 1 amide bonds. The molecule has 2 rings (SSSR count). The van der Waals surface area contributed by atoms with Crippen LogP contribution in [0.15, 0.2) is 36.4 Å². The highest BCUT2D eigenvalue weighted by molar-refractivity contribution is 6.31. The van der Waals surface area contributed by atoms with Crippen LogP contribution in [0.1, 0.15) is 24.1 Å². The van der Waals surface area contributed by atoms with Crippen molar-refractivity contribution in [3.05, 3.63) is 58.4 Å². The van der Waals surface area contributed by atoms with Crippen LogP contribution in [-0.2, 0) is 11.3 Å². The van der Waals surface area contributed by atoms with Crippen molar-refractivity contribution in [3.63, 3.8) is 0 Å². The van der Waals surface area contributed by atoms with Gasteiger partial charge in [0.1, 0.15) is 17.3 Å². The molecule has 0 aliphatic carbocycles. The number of benzene rings is 2. The van der Waals surface area contributed by atoms with Crippen molar-refractivity contribution in [2.75, 3.05) is 27.8 Å². The van der Waals surface area contributed by atoms with E-state index in [1.54, 1.807) is 50.4 Å². The van der Waals surface area contributed by atoms with E-state index in [1.807, 2.05) is 13.0 Å². The number of ether oxygens (including phenoxy) is 2. The van der Waals surface area contributed by atoms with Crippen LogP contribution in [0.4, 0.5) is 4.39 Å². The van der Waals surface area contributed by atoms with Gasteiger partial charge in [-0.25, -0.2) is 4.39 Å². The summed E-state index contributed by atoms with van der Waals surface area (Å²) < 4.78 is 24.5. The fourth-order valence-corrected chi connectivity index (χ4v) is 3.02. The predicted octanol–water partition coefficient (Wildman–Crippen LogP) is 3.81. The van der Waals surface area contributed by atoms with Crippen LogP contribution >= 0.6 is 11.6 Å². The molecule has 5 nitrogen and oxygen atoms in total. The molecule has 0 fully saturated rings. The normalized spacial score (nSPS) is 12.0. The summed E-state index contributed by atoms with van der Waals surface area (Å²) in [5.41, 5.74) is 1.18. The third-order valence-corrected chi connectivity index (χ3v) is 4.54. The molecule has 146 valence electrons. The Bertz CT molecular complexity index is 781. The highest BCUT2D eigenvalue weighted by Gasteiger charge is 2.17. The van der Waals surface area contributed by atoms with Crippen LogP contribution in [0.25, 0.3) is 0 Å². The first-order valence-electron chi connectivity index (χ1n) is 8.48. The molecule has 0 bridgehead atoms. The number of methoxy groups -OCH3 is 2. The minimum atomic E-state index is -0.385. The van der Waals surface area contributed by atoms with Crippen molar-refractivity contribution in [1.29, 1.82) is 0 Å². The largest absolute Gasteiger partial charge is 0.497 e. The van der Waals surface area contributed by atoms with Gasteiger partial charge in [-0.15, -0.1) is 0 Å². The minimum absolute atomic E-state index is 0.0985. The van der Waals surface area contributed by atoms with Crippen LogP contribution in [0.3, 0.4) is 0 Å². The Labute approximate surface area is 164 Å². The highest BCUT2D eigenvalue weighted by Crippen LogP contribution is 2.29. The van der Waals surface area contributed by atoms with Crippen molar-refractivity contribution in [1.82, 2.24) is 10.2 Å². The average Bonchev–Trinajstić information content (AvgIpc) is 2.64. The standard InChI is InChI=1S/C20H24ClFN2O3/c1-13(15-10-14(26-3)8-9-19(15)27-4)23-20(25)12-24(2)11-16-17(21)6-5-7-18(16)22/h5-10,13H,11-12H2,1-4H3,(H,23,25)/t13-/m0/s1. The Kier molecular flexibility index (Phi) is 7.45. The first kappa shape index (κ1) is 21.0. The zero-order chi connectivity index (χ0) is 20.0. The first-order chi connectivity index (χ1) is 12.8. The molecule has 0 saturated heterocycles. The van der Waals surface area contributed by atoms with E-state index in [1.165, 1.54) is 6.07 Å². The molecule has 0 radical (unpaired) electrons. The van der Waals surface area contributed by atoms with E-state index in [4.69, 9.17) is 21.1 Å². The SMILES string of the molecule is COc1ccc(OC)c([C@H](C)NC(=O)CN(C)Cc2c(F)cccc2Cl)c1. The lowest BCUT2D eigenvalue weighted by atomic mass is 10.1. The van der Waals surface area contributed by atoms with Gasteiger partial charge in [-0.1, -0.05) is 17.7 Å². The number of nitrogens with one attached hydrogen (secondary N) is 1. The zero-order valence-corrected chi connectivity index (χ0v) is 16.6. The molecule has 27 heavy (non-hydrogen) atoms. The number of hydrogen-bond acceptors (Lipinski definition) is 4. The summed E-state index contributed by atoms with van der Waals surface area (Å²) in [6.45, 7) is 2.19. The third kappa shape index (κ3) is 5.58. The molecule has 0 unspecified atom stereocenters. The van der Waals surface area contributed by atoms with Gasteiger partial charge in [0.25, 0.3) is 0 Å². The monoisotopic (exact) mass is 394 g/mol. The molecule has 2 aromatic rings. The molecule has 7 heteroatoms. The van der Waals surface area contributed by atoms with Gasteiger partial charge in [0, 0.05) is 22.7 Å². The lowest BCUT2D eigenvalue weighted by molar-refractivity contribution is -0.122. The van der Waals surface area contributed by atoms with Crippen LogP contribution < -0.4 is 14.8 Å².